The van der Waals surface area contributed by atoms with Gasteiger partial charge in [-0.2, -0.15) is 5.26 Å². The summed E-state index contributed by atoms with van der Waals surface area (Å²) in [6.07, 6.45) is 0. The molecule has 0 spiro atoms. The second kappa shape index (κ2) is 9.00. The number of aryl methyl sites for hydroxylation is 1. The maximum absolute atomic E-state index is 9.99. The van der Waals surface area contributed by atoms with Crippen molar-refractivity contribution in [1.82, 2.24) is 4.57 Å². The summed E-state index contributed by atoms with van der Waals surface area (Å²) < 4.78 is 20.8. The lowest BCUT2D eigenvalue weighted by molar-refractivity contribution is 0.00578. The zero-order valence-corrected chi connectivity index (χ0v) is 22.3. The highest BCUT2D eigenvalue weighted by molar-refractivity contribution is 6.76. The Bertz CT molecular complexity index is 1020. The molecule has 0 aliphatic carbocycles. The van der Waals surface area contributed by atoms with Gasteiger partial charge in [-0.1, -0.05) is 37.3 Å². The Morgan fingerprint density at radius 2 is 1.75 bits per heavy atom. The van der Waals surface area contributed by atoms with Crippen LogP contribution in [0.1, 0.15) is 38.8 Å². The normalized spacial score (nSPS) is 17.6. The molecular weight excluding hydrogens is 439 g/mol. The molecule has 1 aliphatic rings. The lowest BCUT2D eigenvalue weighted by atomic mass is 9.84. The molecule has 1 aromatic heterocycles. The Hall–Kier alpha value is -1.56. The number of benzene rings is 1. The number of nitriles is 1. The smallest absolute Gasteiger partial charge is 0.398 e. The van der Waals surface area contributed by atoms with Crippen molar-refractivity contribution in [3.05, 3.63) is 40.4 Å². The molecule has 5 nitrogen and oxygen atoms in total. The van der Waals surface area contributed by atoms with Gasteiger partial charge in [0.25, 0.3) is 0 Å². The van der Waals surface area contributed by atoms with E-state index >= 15 is 0 Å². The minimum Gasteiger partial charge on any atom is -0.398 e. The fourth-order valence-corrected chi connectivity index (χ4v) is 4.55. The van der Waals surface area contributed by atoms with Crippen LogP contribution in [0.2, 0.25) is 30.7 Å². The van der Waals surface area contributed by atoms with E-state index in [2.05, 4.69) is 25.7 Å². The fourth-order valence-electron chi connectivity index (χ4n) is 3.63. The van der Waals surface area contributed by atoms with E-state index in [1.807, 2.05) is 63.5 Å². The number of hydrogen-bond acceptors (Lipinski definition) is 4. The van der Waals surface area contributed by atoms with E-state index in [4.69, 9.17) is 25.6 Å². The molecule has 32 heavy (non-hydrogen) atoms. The maximum Gasteiger partial charge on any atom is 0.512 e. The lowest BCUT2D eigenvalue weighted by Crippen LogP contribution is -2.41. The lowest BCUT2D eigenvalue weighted by Gasteiger charge is -2.32. The molecule has 0 amide bonds. The molecular formula is C24H34BClN2O3Si. The van der Waals surface area contributed by atoms with Crippen LogP contribution in [0.15, 0.2) is 24.3 Å². The van der Waals surface area contributed by atoms with E-state index in [-0.39, 0.29) is 0 Å². The van der Waals surface area contributed by atoms with Gasteiger partial charge in [-0.15, -0.1) is 0 Å². The quantitative estimate of drug-likeness (QED) is 0.389. The molecule has 0 radical (unpaired) electrons. The minimum absolute atomic E-state index is 0.312. The third-order valence-corrected chi connectivity index (χ3v) is 8.35. The summed E-state index contributed by atoms with van der Waals surface area (Å²) in [5.41, 5.74) is 3.09. The van der Waals surface area contributed by atoms with Gasteiger partial charge in [0.1, 0.15) is 12.8 Å². The number of rotatable bonds is 7. The molecule has 1 saturated heterocycles. The van der Waals surface area contributed by atoms with Crippen LogP contribution in [0.25, 0.3) is 11.3 Å². The average molecular weight is 473 g/mol. The second-order valence-electron chi connectivity index (χ2n) is 10.8. The van der Waals surface area contributed by atoms with Gasteiger partial charge < -0.3 is 18.6 Å². The third-order valence-electron chi connectivity index (χ3n) is 6.42. The third kappa shape index (κ3) is 5.16. The van der Waals surface area contributed by atoms with Gasteiger partial charge in [0.2, 0.25) is 0 Å². The molecule has 0 bridgehead atoms. The molecule has 172 valence electrons. The first-order chi connectivity index (χ1) is 14.8. The first-order valence-electron chi connectivity index (χ1n) is 11.1. The van der Waals surface area contributed by atoms with Gasteiger partial charge in [-0.25, -0.2) is 0 Å². The van der Waals surface area contributed by atoms with Gasteiger partial charge in [0.05, 0.1) is 28.1 Å². The SMILES string of the molecule is Cc1ccc(Cl)cc1-c1c(C#N)cc(B2OC(C)(C)C(C)(C)O2)n1COCC[Si](C)(C)C. The predicted molar refractivity (Wildman–Crippen MR) is 134 cm³/mol. The number of ether oxygens (including phenoxy) is 1. The number of aromatic nitrogens is 1. The zero-order valence-electron chi connectivity index (χ0n) is 20.5. The topological polar surface area (TPSA) is 56.4 Å². The van der Waals surface area contributed by atoms with Crippen LogP contribution in [-0.4, -0.2) is 37.6 Å². The summed E-state index contributed by atoms with van der Waals surface area (Å²) in [4.78, 5) is 0. The van der Waals surface area contributed by atoms with Gasteiger partial charge in [-0.05, 0) is 64.4 Å². The molecule has 0 saturated carbocycles. The Kier molecular flexibility index (Phi) is 7.05. The van der Waals surface area contributed by atoms with Crippen molar-refractivity contribution in [1.29, 1.82) is 5.26 Å². The molecule has 2 aromatic rings. The zero-order chi connectivity index (χ0) is 23.9. The Balaban J connectivity index is 2.08. The predicted octanol–water partition coefficient (Wildman–Crippen LogP) is 5.60. The Morgan fingerprint density at radius 1 is 1.12 bits per heavy atom. The first-order valence-corrected chi connectivity index (χ1v) is 15.2. The van der Waals surface area contributed by atoms with Crippen molar-refractivity contribution in [2.75, 3.05) is 6.61 Å². The van der Waals surface area contributed by atoms with Gasteiger partial charge >= 0.3 is 7.12 Å². The molecule has 3 rings (SSSR count). The van der Waals surface area contributed by atoms with E-state index in [0.29, 0.717) is 23.9 Å². The molecule has 1 aliphatic heterocycles. The van der Waals surface area contributed by atoms with Crippen LogP contribution >= 0.6 is 11.6 Å². The Morgan fingerprint density at radius 3 is 2.31 bits per heavy atom. The molecule has 0 unspecified atom stereocenters. The van der Waals surface area contributed by atoms with E-state index in [1.54, 1.807) is 0 Å². The molecule has 1 fully saturated rings. The molecule has 8 heteroatoms. The molecule has 0 atom stereocenters. The highest BCUT2D eigenvalue weighted by Crippen LogP contribution is 2.38. The summed E-state index contributed by atoms with van der Waals surface area (Å²) in [6.45, 7) is 18.1. The monoisotopic (exact) mass is 472 g/mol. The van der Waals surface area contributed by atoms with Crippen LogP contribution in [0, 0.1) is 18.3 Å². The summed E-state index contributed by atoms with van der Waals surface area (Å²) in [5.74, 6) is 0. The van der Waals surface area contributed by atoms with Crippen LogP contribution in [0.4, 0.5) is 0 Å². The van der Waals surface area contributed by atoms with E-state index < -0.39 is 26.4 Å². The molecule has 1 aromatic carbocycles. The maximum atomic E-state index is 9.99. The van der Waals surface area contributed by atoms with Gasteiger partial charge in [-0.3, -0.25) is 0 Å². The van der Waals surface area contributed by atoms with E-state index in [1.165, 1.54) is 0 Å². The number of halogens is 1. The standard InChI is InChI=1S/C24H34BClN2O3Si/c1-17-9-10-19(26)14-20(17)22-18(15-27)13-21(25-30-23(2,3)24(4,5)31-25)28(22)16-29-11-12-32(6,7)8/h9-10,13-14H,11-12,16H2,1-8H3. The van der Waals surface area contributed by atoms with Crippen molar-refractivity contribution >= 4 is 32.4 Å². The fraction of sp³-hybridized carbons (Fsp3) is 0.542. The van der Waals surface area contributed by atoms with Crippen molar-refractivity contribution in [3.63, 3.8) is 0 Å². The van der Waals surface area contributed by atoms with E-state index in [0.717, 1.165) is 28.5 Å². The summed E-state index contributed by atoms with van der Waals surface area (Å²) in [5, 5.41) is 10.6. The van der Waals surface area contributed by atoms with Crippen LogP contribution < -0.4 is 5.59 Å². The van der Waals surface area contributed by atoms with Crippen LogP contribution in [-0.2, 0) is 20.8 Å². The highest BCUT2D eigenvalue weighted by atomic mass is 35.5. The molecule has 2 heterocycles. The summed E-state index contributed by atoms with van der Waals surface area (Å²) in [6, 6.07) is 11.0. The first kappa shape index (κ1) is 25.1. The van der Waals surface area contributed by atoms with Crippen LogP contribution in [0.3, 0.4) is 0 Å². The van der Waals surface area contributed by atoms with Crippen LogP contribution in [0.5, 0.6) is 0 Å². The van der Waals surface area contributed by atoms with Crippen molar-refractivity contribution in [2.45, 2.75) is 78.2 Å². The largest absolute Gasteiger partial charge is 0.512 e. The minimum atomic E-state index is -1.22. The average Bonchev–Trinajstić information content (AvgIpc) is 3.13. The summed E-state index contributed by atoms with van der Waals surface area (Å²) >= 11 is 6.33. The number of nitrogens with zero attached hydrogens (tertiary/aromatic N) is 2. The number of hydrogen-bond donors (Lipinski definition) is 0. The van der Waals surface area contributed by atoms with Gasteiger partial charge in [0.15, 0.2) is 0 Å². The second-order valence-corrected chi connectivity index (χ2v) is 16.8. The highest BCUT2D eigenvalue weighted by Gasteiger charge is 2.53. The Labute approximate surface area is 198 Å². The van der Waals surface area contributed by atoms with Crippen molar-refractivity contribution in [2.24, 2.45) is 0 Å². The van der Waals surface area contributed by atoms with Crippen molar-refractivity contribution in [3.8, 4) is 17.3 Å². The van der Waals surface area contributed by atoms with Crippen molar-refractivity contribution < 1.29 is 14.0 Å². The molecule has 0 N–H and O–H groups in total. The summed E-state index contributed by atoms with van der Waals surface area (Å²) in [7, 11) is -1.82. The van der Waals surface area contributed by atoms with E-state index in [9.17, 15) is 5.26 Å². The van der Waals surface area contributed by atoms with Gasteiger partial charge in [0, 0.05) is 25.3 Å².